The summed E-state index contributed by atoms with van der Waals surface area (Å²) < 4.78 is 31.9. The Morgan fingerprint density at radius 1 is 1.06 bits per heavy atom. The number of furan rings is 1. The van der Waals surface area contributed by atoms with E-state index in [1.807, 2.05) is 24.3 Å². The topological polar surface area (TPSA) is 81.0 Å². The van der Waals surface area contributed by atoms with Crippen molar-refractivity contribution < 1.29 is 27.9 Å². The van der Waals surface area contributed by atoms with Crippen molar-refractivity contribution in [3.05, 3.63) is 95.5 Å². The number of ether oxygens (including phenoxy) is 2. The number of benzene rings is 3. The van der Waals surface area contributed by atoms with E-state index in [0.29, 0.717) is 16.7 Å². The summed E-state index contributed by atoms with van der Waals surface area (Å²) in [5.74, 6) is -0.601. The van der Waals surface area contributed by atoms with E-state index in [1.54, 1.807) is 56.5 Å². The smallest absolute Gasteiger partial charge is 0.294 e. The zero-order valence-electron chi connectivity index (χ0n) is 19.9. The summed E-state index contributed by atoms with van der Waals surface area (Å²) in [6.45, 7) is 1.48. The normalized spacial score (nSPS) is 17.3. The zero-order valence-corrected chi connectivity index (χ0v) is 19.9. The van der Waals surface area contributed by atoms with Crippen LogP contribution in [0.5, 0.6) is 11.5 Å². The van der Waals surface area contributed by atoms with E-state index in [4.69, 9.17) is 13.9 Å². The van der Waals surface area contributed by atoms with Gasteiger partial charge in [0.2, 0.25) is 11.7 Å². The molecule has 4 aromatic rings. The van der Waals surface area contributed by atoms with Crippen molar-refractivity contribution in [2.24, 2.45) is 0 Å². The van der Waals surface area contributed by atoms with E-state index >= 15 is 0 Å². The number of nitrogens with one attached hydrogen (secondary N) is 1. The van der Waals surface area contributed by atoms with Crippen molar-refractivity contribution in [3.8, 4) is 11.5 Å². The van der Waals surface area contributed by atoms with E-state index in [-0.39, 0.29) is 36.8 Å². The van der Waals surface area contributed by atoms with Crippen LogP contribution in [0.3, 0.4) is 0 Å². The van der Waals surface area contributed by atoms with Crippen LogP contribution in [-0.2, 0) is 17.9 Å². The molecule has 1 N–H and O–H groups in total. The molecule has 5 rings (SSSR count). The van der Waals surface area contributed by atoms with Crippen LogP contribution < -0.4 is 14.8 Å². The minimum atomic E-state index is -1.47. The van der Waals surface area contributed by atoms with E-state index in [0.717, 1.165) is 5.56 Å². The average molecular weight is 489 g/mol. The van der Waals surface area contributed by atoms with Gasteiger partial charge in [-0.25, -0.2) is 4.39 Å². The fourth-order valence-electron chi connectivity index (χ4n) is 4.39. The number of halogens is 1. The summed E-state index contributed by atoms with van der Waals surface area (Å²) in [6.07, 6.45) is 0. The van der Waals surface area contributed by atoms with Gasteiger partial charge >= 0.3 is 0 Å². The number of hydrogen-bond donors (Lipinski definition) is 1. The fourth-order valence-corrected chi connectivity index (χ4v) is 4.39. The summed E-state index contributed by atoms with van der Waals surface area (Å²) in [5.41, 5.74) is 0.0701. The quantitative estimate of drug-likeness (QED) is 0.426. The van der Waals surface area contributed by atoms with Crippen LogP contribution in [0.15, 0.2) is 77.2 Å². The summed E-state index contributed by atoms with van der Waals surface area (Å²) in [7, 11) is 1.56. The predicted octanol–water partition coefficient (Wildman–Crippen LogP) is 4.69. The van der Waals surface area contributed by atoms with Gasteiger partial charge in [-0.2, -0.15) is 0 Å². The SMILES string of the molecule is COc1ccccc1CNC(=O)C1(C)COc2c(oc3ccccc23)C(=O)N1Cc1ccccc1F. The van der Waals surface area contributed by atoms with Crippen LogP contribution >= 0.6 is 0 Å². The first kappa shape index (κ1) is 23.4. The Morgan fingerprint density at radius 3 is 2.53 bits per heavy atom. The van der Waals surface area contributed by atoms with E-state index < -0.39 is 23.2 Å². The number of para-hydroxylation sites is 2. The molecule has 7 nitrogen and oxygen atoms in total. The lowest BCUT2D eigenvalue weighted by Gasteiger charge is -2.37. The van der Waals surface area contributed by atoms with Gasteiger partial charge in [-0.05, 0) is 31.2 Å². The predicted molar refractivity (Wildman–Crippen MR) is 131 cm³/mol. The third kappa shape index (κ3) is 4.04. The highest BCUT2D eigenvalue weighted by atomic mass is 19.1. The molecule has 2 heterocycles. The molecular weight excluding hydrogens is 463 g/mol. The first-order chi connectivity index (χ1) is 17.4. The molecule has 1 aromatic heterocycles. The Hall–Kier alpha value is -4.33. The molecule has 1 unspecified atom stereocenters. The summed E-state index contributed by atoms with van der Waals surface area (Å²) >= 11 is 0. The van der Waals surface area contributed by atoms with E-state index in [1.165, 1.54) is 11.0 Å². The molecule has 0 fully saturated rings. The average Bonchev–Trinajstić information content (AvgIpc) is 3.24. The summed E-state index contributed by atoms with van der Waals surface area (Å²) in [6, 6.07) is 20.6. The van der Waals surface area contributed by atoms with Crippen molar-refractivity contribution in [1.82, 2.24) is 10.2 Å². The second-order valence-corrected chi connectivity index (χ2v) is 8.80. The molecule has 1 aliphatic rings. The van der Waals surface area contributed by atoms with Crippen LogP contribution in [0.2, 0.25) is 0 Å². The van der Waals surface area contributed by atoms with Crippen LogP contribution in [0, 0.1) is 5.82 Å². The first-order valence-corrected chi connectivity index (χ1v) is 11.5. The minimum Gasteiger partial charge on any atom is -0.496 e. The molecule has 0 bridgehead atoms. The van der Waals surface area contributed by atoms with Gasteiger partial charge < -0.3 is 24.1 Å². The van der Waals surface area contributed by atoms with E-state index in [9.17, 15) is 14.0 Å². The standard InChI is InChI=1S/C28H25FN2O5/c1-28(27(33)30-15-18-9-4-7-13-22(18)34-2)17-35-24-20-11-5-8-14-23(20)36-25(24)26(32)31(28)16-19-10-3-6-12-21(19)29/h3-14H,15-17H2,1-2H3,(H,30,33). The van der Waals surface area contributed by atoms with Gasteiger partial charge in [0.25, 0.3) is 5.91 Å². The van der Waals surface area contributed by atoms with E-state index in [2.05, 4.69) is 5.32 Å². The number of hydrogen-bond acceptors (Lipinski definition) is 5. The number of rotatable bonds is 6. The van der Waals surface area contributed by atoms with Crippen LogP contribution in [0.1, 0.15) is 28.6 Å². The lowest BCUT2D eigenvalue weighted by Crippen LogP contribution is -2.60. The second kappa shape index (κ2) is 9.37. The molecule has 2 amide bonds. The minimum absolute atomic E-state index is 0.0196. The number of carbonyl (C=O) groups excluding carboxylic acids is 2. The largest absolute Gasteiger partial charge is 0.496 e. The third-order valence-corrected chi connectivity index (χ3v) is 6.49. The van der Waals surface area contributed by atoms with Crippen molar-refractivity contribution in [2.75, 3.05) is 13.7 Å². The number of nitrogens with zero attached hydrogens (tertiary/aromatic N) is 1. The first-order valence-electron chi connectivity index (χ1n) is 11.5. The molecule has 0 spiro atoms. The van der Waals surface area contributed by atoms with Crippen molar-refractivity contribution in [2.45, 2.75) is 25.6 Å². The van der Waals surface area contributed by atoms with Gasteiger partial charge in [0, 0.05) is 17.7 Å². The molecule has 0 saturated heterocycles. The Bertz CT molecular complexity index is 1450. The monoisotopic (exact) mass is 488 g/mol. The van der Waals surface area contributed by atoms with Gasteiger partial charge in [0.05, 0.1) is 19.0 Å². The number of methoxy groups -OCH3 is 1. The third-order valence-electron chi connectivity index (χ3n) is 6.49. The van der Waals surface area contributed by atoms with Gasteiger partial charge in [0.1, 0.15) is 23.8 Å². The molecule has 3 aromatic carbocycles. The van der Waals surface area contributed by atoms with Crippen molar-refractivity contribution in [3.63, 3.8) is 0 Å². The maximum absolute atomic E-state index is 14.6. The Kier molecular flexibility index (Phi) is 6.10. The maximum atomic E-state index is 14.6. The molecule has 0 saturated carbocycles. The number of carbonyl (C=O) groups is 2. The molecule has 0 radical (unpaired) electrons. The number of amides is 2. The van der Waals surface area contributed by atoms with Crippen molar-refractivity contribution in [1.29, 1.82) is 0 Å². The Balaban J connectivity index is 1.52. The molecule has 0 aliphatic carbocycles. The zero-order chi connectivity index (χ0) is 25.3. The summed E-state index contributed by atoms with van der Waals surface area (Å²) in [5, 5.41) is 3.53. The lowest BCUT2D eigenvalue weighted by molar-refractivity contribution is -0.133. The molecule has 8 heteroatoms. The van der Waals surface area contributed by atoms with Gasteiger partial charge in [0.15, 0.2) is 11.3 Å². The highest BCUT2D eigenvalue weighted by molar-refractivity contribution is 6.04. The second-order valence-electron chi connectivity index (χ2n) is 8.80. The summed E-state index contributed by atoms with van der Waals surface area (Å²) in [4.78, 5) is 28.8. The Morgan fingerprint density at radius 2 is 1.75 bits per heavy atom. The van der Waals surface area contributed by atoms with Crippen LogP contribution in [0.25, 0.3) is 11.0 Å². The molecule has 1 aliphatic heterocycles. The molecule has 36 heavy (non-hydrogen) atoms. The highest BCUT2D eigenvalue weighted by Crippen LogP contribution is 2.39. The lowest BCUT2D eigenvalue weighted by atomic mass is 9.97. The maximum Gasteiger partial charge on any atom is 0.294 e. The number of fused-ring (bicyclic) bond motifs is 3. The fraction of sp³-hybridized carbons (Fsp3) is 0.214. The molecule has 184 valence electrons. The molecular formula is C28H25FN2O5. The van der Waals surface area contributed by atoms with Crippen molar-refractivity contribution >= 4 is 22.8 Å². The van der Waals surface area contributed by atoms with Gasteiger partial charge in [-0.3, -0.25) is 9.59 Å². The molecule has 1 atom stereocenters. The highest BCUT2D eigenvalue weighted by Gasteiger charge is 2.48. The van der Waals surface area contributed by atoms with Crippen LogP contribution in [0.4, 0.5) is 4.39 Å². The van der Waals surface area contributed by atoms with Crippen LogP contribution in [-0.4, -0.2) is 36.0 Å². The van der Waals surface area contributed by atoms with Gasteiger partial charge in [-0.1, -0.05) is 48.5 Å². The Labute approximate surface area is 207 Å². The van der Waals surface area contributed by atoms with Gasteiger partial charge in [-0.15, -0.1) is 0 Å².